The first-order valence-corrected chi connectivity index (χ1v) is 19.3. The molecule has 266 valence electrons. The molecule has 1 aromatic heterocycles. The van der Waals surface area contributed by atoms with E-state index in [4.69, 9.17) is 5.73 Å². The minimum absolute atomic E-state index is 0.0346. The Balaban J connectivity index is 0.951. The number of imide groups is 1. The van der Waals surface area contributed by atoms with E-state index in [9.17, 15) is 28.1 Å². The number of carbonyl (C=O) groups excluding carboxylic acids is 2. The van der Waals surface area contributed by atoms with Gasteiger partial charge in [0.05, 0.1) is 27.2 Å². The van der Waals surface area contributed by atoms with Crippen molar-refractivity contribution >= 4 is 38.6 Å². The van der Waals surface area contributed by atoms with Gasteiger partial charge < -0.3 is 15.5 Å². The molecule has 7 rings (SSSR count). The van der Waals surface area contributed by atoms with Crippen molar-refractivity contribution in [3.05, 3.63) is 58.0 Å². The molecule has 2 aromatic carbocycles. The van der Waals surface area contributed by atoms with E-state index in [0.717, 1.165) is 63.9 Å². The largest absolute Gasteiger partial charge is 0.370 e. The molecule has 2 amide bonds. The highest BCUT2D eigenvalue weighted by molar-refractivity contribution is 7.89. The summed E-state index contributed by atoms with van der Waals surface area (Å²) in [7, 11) is -1.92. The first-order valence-electron chi connectivity index (χ1n) is 17.8. The number of imidazole rings is 1. The van der Waals surface area contributed by atoms with E-state index in [0.29, 0.717) is 61.0 Å². The molecule has 0 aliphatic carbocycles. The van der Waals surface area contributed by atoms with Gasteiger partial charge in [-0.25, -0.2) is 13.2 Å². The van der Waals surface area contributed by atoms with Gasteiger partial charge in [-0.3, -0.25) is 24.0 Å². The number of sulfonamides is 1. The van der Waals surface area contributed by atoms with E-state index in [1.54, 1.807) is 29.8 Å². The molecule has 0 spiro atoms. The van der Waals surface area contributed by atoms with Gasteiger partial charge in [0.2, 0.25) is 21.8 Å². The molecule has 4 aliphatic rings. The lowest BCUT2D eigenvalue weighted by Gasteiger charge is -2.39. The summed E-state index contributed by atoms with van der Waals surface area (Å²) in [6, 6.07) is 12.6. The van der Waals surface area contributed by atoms with E-state index < -0.39 is 22.0 Å². The van der Waals surface area contributed by atoms with Gasteiger partial charge in [-0.15, -0.1) is 0 Å². The van der Waals surface area contributed by atoms with Crippen LogP contribution in [0.1, 0.15) is 74.5 Å². The van der Waals surface area contributed by atoms with Crippen molar-refractivity contribution in [2.24, 2.45) is 18.7 Å². The van der Waals surface area contributed by atoms with Crippen LogP contribution >= 0.6 is 0 Å². The molecule has 4 fully saturated rings. The fraction of sp³-hybridized carbons (Fsp3) is 0.556. The molecule has 13 nitrogen and oxygen atoms in total. The van der Waals surface area contributed by atoms with Gasteiger partial charge in [0.15, 0.2) is 0 Å². The monoisotopic (exact) mass is 702 g/mol. The lowest BCUT2D eigenvalue weighted by molar-refractivity contribution is -0.135. The number of nitriles is 1. The van der Waals surface area contributed by atoms with Gasteiger partial charge >= 0.3 is 5.69 Å². The Morgan fingerprint density at radius 1 is 0.880 bits per heavy atom. The molecule has 5 heterocycles. The summed E-state index contributed by atoms with van der Waals surface area (Å²) in [5, 5.41) is 12.2. The molecule has 1 unspecified atom stereocenters. The Morgan fingerprint density at radius 2 is 1.60 bits per heavy atom. The molecular weight excluding hydrogens is 657 g/mol. The van der Waals surface area contributed by atoms with Crippen LogP contribution in [0.15, 0.2) is 46.1 Å². The normalized spacial score (nSPS) is 22.6. The number of nitrogens with one attached hydrogen (secondary N) is 1. The average Bonchev–Trinajstić information content (AvgIpc) is 3.37. The summed E-state index contributed by atoms with van der Waals surface area (Å²) in [6.45, 7) is 5.36. The van der Waals surface area contributed by atoms with Crippen LogP contribution in [-0.2, 0) is 26.7 Å². The zero-order valence-corrected chi connectivity index (χ0v) is 29.4. The maximum Gasteiger partial charge on any atom is 0.329 e. The number of piperidine rings is 4. The van der Waals surface area contributed by atoms with Crippen LogP contribution in [0.2, 0.25) is 0 Å². The molecule has 4 saturated heterocycles. The third-order valence-corrected chi connectivity index (χ3v) is 13.3. The summed E-state index contributed by atoms with van der Waals surface area (Å²) >= 11 is 0. The number of rotatable bonds is 7. The van der Waals surface area contributed by atoms with Crippen molar-refractivity contribution in [1.82, 2.24) is 23.7 Å². The van der Waals surface area contributed by atoms with Gasteiger partial charge in [-0.05, 0) is 106 Å². The summed E-state index contributed by atoms with van der Waals surface area (Å²) in [4.78, 5) is 42.4. The second kappa shape index (κ2) is 13.9. The SMILES string of the molecule is Cn1c(=O)n(C2CCC(=O)NC2=O)c2ccc(C3CCN(CC4CCN(c5cc(S(=O)(=O)N6CCC(N)CC6)ccc5C#N)CC4)CC3)cc21. The number of likely N-dealkylation sites (tertiary alicyclic amines) is 1. The minimum atomic E-state index is -3.65. The van der Waals surface area contributed by atoms with Crippen LogP contribution in [-0.4, -0.2) is 90.4 Å². The van der Waals surface area contributed by atoms with Gasteiger partial charge in [0.1, 0.15) is 12.1 Å². The average molecular weight is 703 g/mol. The maximum atomic E-state index is 13.4. The molecule has 4 aliphatic heterocycles. The van der Waals surface area contributed by atoms with Crippen LogP contribution in [0.25, 0.3) is 11.0 Å². The number of hydrogen-bond acceptors (Lipinski definition) is 9. The van der Waals surface area contributed by atoms with Crippen molar-refractivity contribution in [2.75, 3.05) is 50.7 Å². The third kappa shape index (κ3) is 6.59. The second-order valence-electron chi connectivity index (χ2n) is 14.5. The molecule has 3 N–H and O–H groups in total. The van der Waals surface area contributed by atoms with Crippen LogP contribution in [0, 0.1) is 17.2 Å². The topological polar surface area (TPSA) is 167 Å². The maximum absolute atomic E-state index is 13.4. The standard InChI is InChI=1S/C36H46N8O5S/c1-40-33-20-26(3-5-30(33)44(36(40)47)31-6-7-34(45)39-35(31)46)25-10-14-41(15-11-25)23-24-8-16-42(17-9-24)32-21-29(4-2-27(32)22-37)50(48,49)43-18-12-28(38)13-19-43/h2-5,20-21,24-25,28,31H,6-19,23,38H2,1H3,(H,39,45,46). The number of nitrogens with two attached hydrogens (primary N) is 1. The van der Waals surface area contributed by atoms with E-state index in [2.05, 4.69) is 33.3 Å². The Kier molecular flexibility index (Phi) is 9.60. The van der Waals surface area contributed by atoms with Crippen LogP contribution in [0.3, 0.4) is 0 Å². The number of fused-ring (bicyclic) bond motifs is 1. The Morgan fingerprint density at radius 3 is 2.28 bits per heavy atom. The zero-order chi connectivity index (χ0) is 35.2. The highest BCUT2D eigenvalue weighted by atomic mass is 32.2. The first kappa shape index (κ1) is 34.4. The van der Waals surface area contributed by atoms with Crippen LogP contribution < -0.4 is 21.6 Å². The number of nitrogens with zero attached hydrogens (tertiary/aromatic N) is 6. The molecule has 50 heavy (non-hydrogen) atoms. The lowest BCUT2D eigenvalue weighted by atomic mass is 9.88. The molecule has 3 aromatic rings. The zero-order valence-electron chi connectivity index (χ0n) is 28.6. The van der Waals surface area contributed by atoms with E-state index in [1.165, 1.54) is 14.4 Å². The Labute approximate surface area is 292 Å². The van der Waals surface area contributed by atoms with Crippen LogP contribution in [0.5, 0.6) is 0 Å². The predicted molar refractivity (Wildman–Crippen MR) is 189 cm³/mol. The summed E-state index contributed by atoms with van der Waals surface area (Å²) in [5.74, 6) is 0.171. The van der Waals surface area contributed by atoms with Crippen molar-refractivity contribution in [2.45, 2.75) is 74.3 Å². The summed E-state index contributed by atoms with van der Waals surface area (Å²) in [6.07, 6.45) is 5.80. The van der Waals surface area contributed by atoms with Gasteiger partial charge in [0, 0.05) is 52.2 Å². The van der Waals surface area contributed by atoms with Gasteiger partial charge in [-0.2, -0.15) is 9.57 Å². The predicted octanol–water partition coefficient (Wildman–Crippen LogP) is 2.40. The molecular formula is C36H46N8O5S. The minimum Gasteiger partial charge on any atom is -0.370 e. The number of amides is 2. The number of anilines is 1. The molecule has 0 bridgehead atoms. The third-order valence-electron chi connectivity index (χ3n) is 11.4. The van der Waals surface area contributed by atoms with E-state index in [1.807, 2.05) is 6.07 Å². The fourth-order valence-electron chi connectivity index (χ4n) is 8.33. The first-order chi connectivity index (χ1) is 24.0. The van der Waals surface area contributed by atoms with Crippen molar-refractivity contribution < 1.29 is 18.0 Å². The van der Waals surface area contributed by atoms with Crippen molar-refractivity contribution in [3.63, 3.8) is 0 Å². The van der Waals surface area contributed by atoms with Gasteiger partial charge in [-0.1, -0.05) is 6.07 Å². The highest BCUT2D eigenvalue weighted by Gasteiger charge is 2.33. The fourth-order valence-corrected chi connectivity index (χ4v) is 9.82. The van der Waals surface area contributed by atoms with Gasteiger partial charge in [0.25, 0.3) is 0 Å². The highest BCUT2D eigenvalue weighted by Crippen LogP contribution is 2.34. The Hall–Kier alpha value is -4.03. The van der Waals surface area contributed by atoms with Crippen molar-refractivity contribution in [3.8, 4) is 6.07 Å². The van der Waals surface area contributed by atoms with E-state index in [-0.39, 0.29) is 29.0 Å². The van der Waals surface area contributed by atoms with Crippen LogP contribution in [0.4, 0.5) is 5.69 Å². The summed E-state index contributed by atoms with van der Waals surface area (Å²) < 4.78 is 31.5. The number of aryl methyl sites for hydroxylation is 1. The number of carbonyl (C=O) groups is 2. The lowest BCUT2D eigenvalue weighted by Crippen LogP contribution is -2.44. The summed E-state index contributed by atoms with van der Waals surface area (Å²) in [5.41, 5.74) is 9.64. The van der Waals surface area contributed by atoms with E-state index >= 15 is 0 Å². The molecule has 0 radical (unpaired) electrons. The second-order valence-corrected chi connectivity index (χ2v) is 16.4. The number of aromatic nitrogens is 2. The quantitative estimate of drug-likeness (QED) is 0.352. The molecule has 14 heteroatoms. The molecule has 0 saturated carbocycles. The number of hydrogen-bond donors (Lipinski definition) is 2. The smallest absolute Gasteiger partial charge is 0.329 e. The molecule has 1 atom stereocenters. The number of benzene rings is 2. The Bertz CT molecular complexity index is 1990. The van der Waals surface area contributed by atoms with Crippen molar-refractivity contribution in [1.29, 1.82) is 5.26 Å².